The summed E-state index contributed by atoms with van der Waals surface area (Å²) < 4.78 is 5.94. The Morgan fingerprint density at radius 2 is 2.10 bits per heavy atom. The van der Waals surface area contributed by atoms with Crippen molar-refractivity contribution in [2.75, 3.05) is 18.4 Å². The molecule has 1 heterocycles. The van der Waals surface area contributed by atoms with E-state index < -0.39 is 0 Å². The molecule has 1 amide bonds. The SMILES string of the molecule is CC1(C)CN(C(=O)CCCc2ccccc2)CC(CBr)O1. The Kier molecular flexibility index (Phi) is 5.82. The Morgan fingerprint density at radius 1 is 1.38 bits per heavy atom. The predicted molar refractivity (Wildman–Crippen MR) is 88.7 cm³/mol. The molecule has 116 valence electrons. The molecule has 2 rings (SSSR count). The van der Waals surface area contributed by atoms with Gasteiger partial charge in [0.05, 0.1) is 11.7 Å². The van der Waals surface area contributed by atoms with Crippen LogP contribution in [0.5, 0.6) is 0 Å². The van der Waals surface area contributed by atoms with Crippen LogP contribution in [-0.2, 0) is 16.0 Å². The monoisotopic (exact) mass is 353 g/mol. The third kappa shape index (κ3) is 5.11. The molecular weight excluding hydrogens is 330 g/mol. The molecule has 1 unspecified atom stereocenters. The molecule has 1 aliphatic rings. The fraction of sp³-hybridized carbons (Fsp3) is 0.588. The standard InChI is InChI=1S/C17H24BrNO2/c1-17(2)13-19(12-15(11-18)21-17)16(20)10-6-9-14-7-4-3-5-8-14/h3-5,7-8,15H,6,9-13H2,1-2H3. The highest BCUT2D eigenvalue weighted by Gasteiger charge is 2.34. The van der Waals surface area contributed by atoms with Crippen molar-refractivity contribution in [3.8, 4) is 0 Å². The number of halogens is 1. The molecule has 1 saturated heterocycles. The van der Waals surface area contributed by atoms with Crippen molar-refractivity contribution in [2.24, 2.45) is 0 Å². The van der Waals surface area contributed by atoms with Crippen LogP contribution < -0.4 is 0 Å². The Morgan fingerprint density at radius 3 is 2.76 bits per heavy atom. The molecule has 0 N–H and O–H groups in total. The lowest BCUT2D eigenvalue weighted by Gasteiger charge is -2.42. The lowest BCUT2D eigenvalue weighted by atomic mass is 10.0. The number of ether oxygens (including phenoxy) is 1. The second-order valence-corrected chi connectivity index (χ2v) is 6.91. The van der Waals surface area contributed by atoms with E-state index in [2.05, 4.69) is 28.1 Å². The normalized spacial score (nSPS) is 21.3. The molecule has 4 heteroatoms. The van der Waals surface area contributed by atoms with E-state index in [1.807, 2.05) is 36.9 Å². The van der Waals surface area contributed by atoms with Gasteiger partial charge in [-0.2, -0.15) is 0 Å². The quantitative estimate of drug-likeness (QED) is 0.759. The number of rotatable bonds is 5. The minimum absolute atomic E-state index is 0.0897. The maximum Gasteiger partial charge on any atom is 0.222 e. The summed E-state index contributed by atoms with van der Waals surface area (Å²) in [5.41, 5.74) is 1.04. The van der Waals surface area contributed by atoms with E-state index in [-0.39, 0.29) is 17.6 Å². The van der Waals surface area contributed by atoms with Crippen LogP contribution in [0, 0.1) is 0 Å². The number of nitrogens with zero attached hydrogens (tertiary/aromatic N) is 1. The van der Waals surface area contributed by atoms with Gasteiger partial charge in [0.2, 0.25) is 5.91 Å². The molecule has 1 atom stereocenters. The first-order chi connectivity index (χ1) is 10.00. The highest BCUT2D eigenvalue weighted by Crippen LogP contribution is 2.23. The average Bonchev–Trinajstić information content (AvgIpc) is 2.46. The van der Waals surface area contributed by atoms with Crippen LogP contribution in [0.3, 0.4) is 0 Å². The zero-order valence-corrected chi connectivity index (χ0v) is 14.4. The van der Waals surface area contributed by atoms with Gasteiger partial charge in [0.15, 0.2) is 0 Å². The lowest BCUT2D eigenvalue weighted by Crippen LogP contribution is -2.55. The molecule has 1 fully saturated rings. The molecule has 3 nitrogen and oxygen atoms in total. The van der Waals surface area contributed by atoms with Crippen molar-refractivity contribution in [3.05, 3.63) is 35.9 Å². The van der Waals surface area contributed by atoms with Crippen LogP contribution in [0.4, 0.5) is 0 Å². The highest BCUT2D eigenvalue weighted by atomic mass is 79.9. The van der Waals surface area contributed by atoms with Crippen LogP contribution >= 0.6 is 15.9 Å². The molecule has 1 aromatic carbocycles. The van der Waals surface area contributed by atoms with Gasteiger partial charge >= 0.3 is 0 Å². The zero-order chi connectivity index (χ0) is 15.3. The van der Waals surface area contributed by atoms with Crippen LogP contribution in [0.2, 0.25) is 0 Å². The summed E-state index contributed by atoms with van der Waals surface area (Å²) in [5.74, 6) is 0.244. The van der Waals surface area contributed by atoms with Crippen molar-refractivity contribution >= 4 is 21.8 Å². The van der Waals surface area contributed by atoms with Crippen molar-refractivity contribution in [1.82, 2.24) is 4.90 Å². The molecule has 0 radical (unpaired) electrons. The third-order valence-corrected chi connectivity index (χ3v) is 4.43. The van der Waals surface area contributed by atoms with Crippen LogP contribution in [0.25, 0.3) is 0 Å². The van der Waals surface area contributed by atoms with E-state index in [4.69, 9.17) is 4.74 Å². The number of carbonyl (C=O) groups is 1. The smallest absolute Gasteiger partial charge is 0.222 e. The van der Waals surface area contributed by atoms with E-state index in [1.165, 1.54) is 5.56 Å². The number of carbonyl (C=O) groups excluding carboxylic acids is 1. The van der Waals surface area contributed by atoms with Gasteiger partial charge in [0.25, 0.3) is 0 Å². The summed E-state index contributed by atoms with van der Waals surface area (Å²) in [6, 6.07) is 10.3. The van der Waals surface area contributed by atoms with Crippen molar-refractivity contribution in [1.29, 1.82) is 0 Å². The van der Waals surface area contributed by atoms with Gasteiger partial charge in [0.1, 0.15) is 0 Å². The van der Waals surface area contributed by atoms with Crippen LogP contribution in [0.1, 0.15) is 32.3 Å². The summed E-state index contributed by atoms with van der Waals surface area (Å²) in [6.07, 6.45) is 2.56. The van der Waals surface area contributed by atoms with Gasteiger partial charge < -0.3 is 9.64 Å². The summed E-state index contributed by atoms with van der Waals surface area (Å²) in [4.78, 5) is 14.4. The van der Waals surface area contributed by atoms with E-state index in [0.29, 0.717) is 19.5 Å². The first-order valence-corrected chi connectivity index (χ1v) is 8.68. The average molecular weight is 354 g/mol. The van der Waals surface area contributed by atoms with Gasteiger partial charge in [0, 0.05) is 24.8 Å². The van der Waals surface area contributed by atoms with Crippen LogP contribution in [0.15, 0.2) is 30.3 Å². The number of amides is 1. The molecule has 1 aliphatic heterocycles. The largest absolute Gasteiger partial charge is 0.368 e. The first kappa shape index (κ1) is 16.5. The Balaban J connectivity index is 1.82. The second-order valence-electron chi connectivity index (χ2n) is 6.27. The maximum atomic E-state index is 12.4. The van der Waals surface area contributed by atoms with Gasteiger partial charge in [-0.1, -0.05) is 46.3 Å². The van der Waals surface area contributed by atoms with Gasteiger partial charge in [-0.15, -0.1) is 0 Å². The van der Waals surface area contributed by atoms with Crippen molar-refractivity contribution in [3.63, 3.8) is 0 Å². The first-order valence-electron chi connectivity index (χ1n) is 7.56. The second kappa shape index (κ2) is 7.41. The number of morpholine rings is 1. The fourth-order valence-corrected chi connectivity index (χ4v) is 3.15. The van der Waals surface area contributed by atoms with Crippen molar-refractivity contribution in [2.45, 2.75) is 44.8 Å². The Bertz CT molecular complexity index is 461. The summed E-state index contributed by atoms with van der Waals surface area (Å²) >= 11 is 3.46. The number of hydrogen-bond donors (Lipinski definition) is 0. The molecule has 1 aromatic rings. The Labute approximate surface area is 135 Å². The van der Waals surface area contributed by atoms with Crippen molar-refractivity contribution < 1.29 is 9.53 Å². The summed E-state index contributed by atoms with van der Waals surface area (Å²) in [7, 11) is 0. The maximum absolute atomic E-state index is 12.4. The van der Waals surface area contributed by atoms with Gasteiger partial charge in [-0.25, -0.2) is 0 Å². The summed E-state index contributed by atoms with van der Waals surface area (Å²) in [5, 5.41) is 0.768. The third-order valence-electron chi connectivity index (χ3n) is 3.71. The number of aryl methyl sites for hydroxylation is 1. The minimum Gasteiger partial charge on any atom is -0.368 e. The topological polar surface area (TPSA) is 29.5 Å². The molecule has 21 heavy (non-hydrogen) atoms. The molecule has 0 spiro atoms. The zero-order valence-electron chi connectivity index (χ0n) is 12.8. The van der Waals surface area contributed by atoms with E-state index >= 15 is 0 Å². The van der Waals surface area contributed by atoms with E-state index in [1.54, 1.807) is 0 Å². The van der Waals surface area contributed by atoms with Gasteiger partial charge in [-0.3, -0.25) is 4.79 Å². The fourth-order valence-electron chi connectivity index (χ4n) is 2.81. The molecule has 0 bridgehead atoms. The minimum atomic E-state index is -0.258. The number of hydrogen-bond acceptors (Lipinski definition) is 2. The van der Waals surface area contributed by atoms with Gasteiger partial charge in [-0.05, 0) is 32.3 Å². The van der Waals surface area contributed by atoms with E-state index in [0.717, 1.165) is 18.2 Å². The molecule has 0 saturated carbocycles. The number of benzene rings is 1. The number of alkyl halides is 1. The Hall–Kier alpha value is -0.870. The molecule has 0 aromatic heterocycles. The van der Waals surface area contributed by atoms with E-state index in [9.17, 15) is 4.79 Å². The van der Waals surface area contributed by atoms with Crippen LogP contribution in [-0.4, -0.2) is 40.9 Å². The molecule has 0 aliphatic carbocycles. The summed E-state index contributed by atoms with van der Waals surface area (Å²) in [6.45, 7) is 5.47. The predicted octanol–water partition coefficient (Wildman–Crippen LogP) is 3.41. The lowest BCUT2D eigenvalue weighted by molar-refractivity contribution is -0.157. The highest BCUT2D eigenvalue weighted by molar-refractivity contribution is 9.09. The molecular formula is C17H24BrNO2.